The maximum atomic E-state index is 12.9. The van der Waals surface area contributed by atoms with E-state index in [1.54, 1.807) is 7.05 Å². The van der Waals surface area contributed by atoms with Gasteiger partial charge in [-0.25, -0.2) is 4.39 Å². The quantitative estimate of drug-likeness (QED) is 0.714. The van der Waals surface area contributed by atoms with Crippen molar-refractivity contribution in [3.63, 3.8) is 0 Å². The molecule has 26 heavy (non-hydrogen) atoms. The predicted octanol–water partition coefficient (Wildman–Crippen LogP) is 3.34. The summed E-state index contributed by atoms with van der Waals surface area (Å²) in [7, 11) is 1.60. The minimum atomic E-state index is -0.368. The molecule has 0 aliphatic carbocycles. The number of hydrogen-bond donors (Lipinski definition) is 2. The Bertz CT molecular complexity index is 918. The van der Waals surface area contributed by atoms with Crippen molar-refractivity contribution in [3.05, 3.63) is 66.1 Å². The first kappa shape index (κ1) is 17.7. The van der Waals surface area contributed by atoms with E-state index < -0.39 is 0 Å². The zero-order valence-electron chi connectivity index (χ0n) is 14.5. The average molecular weight is 353 g/mol. The standard InChI is InChI=1S/C20H20FN3O2/c1-24(13-19(25)23-16-9-7-15(21)8-10-16)20(26)11-6-14-12-22-18-5-3-2-4-17(14)18/h2-5,7-10,12,22H,6,11,13H2,1H3,(H,23,25). The molecule has 0 spiro atoms. The van der Waals surface area contributed by atoms with Crippen LogP contribution in [0.2, 0.25) is 0 Å². The van der Waals surface area contributed by atoms with E-state index in [-0.39, 0.29) is 24.2 Å². The van der Waals surface area contributed by atoms with Crippen LogP contribution in [0, 0.1) is 5.82 Å². The van der Waals surface area contributed by atoms with Crippen LogP contribution in [0.25, 0.3) is 10.9 Å². The lowest BCUT2D eigenvalue weighted by Crippen LogP contribution is -2.35. The van der Waals surface area contributed by atoms with E-state index in [9.17, 15) is 14.0 Å². The molecule has 0 radical (unpaired) electrons. The highest BCUT2D eigenvalue weighted by atomic mass is 19.1. The molecule has 0 unspecified atom stereocenters. The molecular weight excluding hydrogens is 333 g/mol. The van der Waals surface area contributed by atoms with Gasteiger partial charge in [0.05, 0.1) is 6.54 Å². The molecule has 0 aliphatic heterocycles. The lowest BCUT2D eigenvalue weighted by molar-refractivity contribution is -0.133. The van der Waals surface area contributed by atoms with Crippen molar-refractivity contribution in [2.45, 2.75) is 12.8 Å². The zero-order chi connectivity index (χ0) is 18.5. The van der Waals surface area contributed by atoms with E-state index in [1.807, 2.05) is 30.5 Å². The summed E-state index contributed by atoms with van der Waals surface area (Å²) in [5.41, 5.74) is 2.62. The maximum absolute atomic E-state index is 12.9. The van der Waals surface area contributed by atoms with Gasteiger partial charge in [-0.3, -0.25) is 9.59 Å². The predicted molar refractivity (Wildman–Crippen MR) is 99.3 cm³/mol. The fraction of sp³-hybridized carbons (Fsp3) is 0.200. The van der Waals surface area contributed by atoms with Crippen LogP contribution in [-0.4, -0.2) is 35.3 Å². The van der Waals surface area contributed by atoms with Crippen molar-refractivity contribution < 1.29 is 14.0 Å². The normalized spacial score (nSPS) is 10.7. The summed E-state index contributed by atoms with van der Waals surface area (Å²) in [4.78, 5) is 28.9. The largest absolute Gasteiger partial charge is 0.361 e. The molecule has 3 rings (SSSR count). The number of carbonyl (C=O) groups is 2. The van der Waals surface area contributed by atoms with Crippen molar-refractivity contribution in [1.29, 1.82) is 0 Å². The number of nitrogens with one attached hydrogen (secondary N) is 2. The number of para-hydroxylation sites is 1. The number of rotatable bonds is 6. The Morgan fingerprint density at radius 1 is 1.12 bits per heavy atom. The van der Waals surface area contributed by atoms with Gasteiger partial charge in [0.15, 0.2) is 0 Å². The molecule has 0 saturated heterocycles. The Labute approximate surface area is 150 Å². The lowest BCUT2D eigenvalue weighted by Gasteiger charge is -2.16. The number of aromatic nitrogens is 1. The fourth-order valence-corrected chi connectivity index (χ4v) is 2.81. The van der Waals surface area contributed by atoms with Gasteiger partial charge in [0.1, 0.15) is 5.82 Å². The highest BCUT2D eigenvalue weighted by molar-refractivity contribution is 5.94. The number of anilines is 1. The number of nitrogens with zero attached hydrogens (tertiary/aromatic N) is 1. The Balaban J connectivity index is 1.51. The molecule has 6 heteroatoms. The Kier molecular flexibility index (Phi) is 5.31. The monoisotopic (exact) mass is 353 g/mol. The number of H-pyrrole nitrogens is 1. The number of fused-ring (bicyclic) bond motifs is 1. The molecule has 1 heterocycles. The average Bonchev–Trinajstić information content (AvgIpc) is 3.04. The Morgan fingerprint density at radius 2 is 1.85 bits per heavy atom. The molecular formula is C20H20FN3O2. The van der Waals surface area contributed by atoms with Gasteiger partial charge in [0, 0.05) is 36.3 Å². The molecule has 0 atom stereocenters. The number of likely N-dealkylation sites (N-methyl/N-ethyl adjacent to an activating group) is 1. The first-order chi connectivity index (χ1) is 12.5. The number of benzene rings is 2. The number of aromatic amines is 1. The van der Waals surface area contributed by atoms with E-state index in [0.717, 1.165) is 16.5 Å². The first-order valence-electron chi connectivity index (χ1n) is 8.37. The van der Waals surface area contributed by atoms with Crippen molar-refractivity contribution in [2.75, 3.05) is 18.9 Å². The van der Waals surface area contributed by atoms with E-state index in [1.165, 1.54) is 29.2 Å². The van der Waals surface area contributed by atoms with Crippen LogP contribution in [0.3, 0.4) is 0 Å². The van der Waals surface area contributed by atoms with Crippen LogP contribution in [0.15, 0.2) is 54.7 Å². The van der Waals surface area contributed by atoms with E-state index in [0.29, 0.717) is 18.5 Å². The smallest absolute Gasteiger partial charge is 0.243 e. The SMILES string of the molecule is CN(CC(=O)Nc1ccc(F)cc1)C(=O)CCc1c[nH]c2ccccc12. The van der Waals surface area contributed by atoms with Crippen LogP contribution in [0.4, 0.5) is 10.1 Å². The molecule has 0 bridgehead atoms. The molecule has 134 valence electrons. The summed E-state index contributed by atoms with van der Waals surface area (Å²) >= 11 is 0. The fourth-order valence-electron chi connectivity index (χ4n) is 2.81. The molecule has 2 aromatic carbocycles. The topological polar surface area (TPSA) is 65.2 Å². The van der Waals surface area contributed by atoms with Crippen LogP contribution >= 0.6 is 0 Å². The van der Waals surface area contributed by atoms with Crippen LogP contribution in [-0.2, 0) is 16.0 Å². The van der Waals surface area contributed by atoms with Gasteiger partial charge < -0.3 is 15.2 Å². The summed E-state index contributed by atoms with van der Waals surface area (Å²) in [5.74, 6) is -0.795. The second-order valence-electron chi connectivity index (χ2n) is 6.16. The van der Waals surface area contributed by atoms with E-state index >= 15 is 0 Å². The minimum Gasteiger partial charge on any atom is -0.361 e. The van der Waals surface area contributed by atoms with Gasteiger partial charge in [-0.2, -0.15) is 0 Å². The van der Waals surface area contributed by atoms with E-state index in [2.05, 4.69) is 10.3 Å². The Morgan fingerprint density at radius 3 is 2.62 bits per heavy atom. The molecule has 3 aromatic rings. The molecule has 2 amide bonds. The molecule has 0 saturated carbocycles. The summed E-state index contributed by atoms with van der Waals surface area (Å²) in [6, 6.07) is 13.4. The summed E-state index contributed by atoms with van der Waals surface area (Å²) < 4.78 is 12.9. The third kappa shape index (κ3) is 4.27. The van der Waals surface area contributed by atoms with E-state index in [4.69, 9.17) is 0 Å². The van der Waals surface area contributed by atoms with Crippen molar-refractivity contribution in [3.8, 4) is 0 Å². The molecule has 0 aliphatic rings. The van der Waals surface area contributed by atoms with Crippen LogP contribution in [0.1, 0.15) is 12.0 Å². The number of hydrogen-bond acceptors (Lipinski definition) is 2. The lowest BCUT2D eigenvalue weighted by atomic mass is 10.1. The summed E-state index contributed by atoms with van der Waals surface area (Å²) in [6.07, 6.45) is 2.84. The molecule has 5 nitrogen and oxygen atoms in total. The second kappa shape index (κ2) is 7.82. The maximum Gasteiger partial charge on any atom is 0.243 e. The Hall–Kier alpha value is -3.15. The van der Waals surface area contributed by atoms with Crippen LogP contribution in [0.5, 0.6) is 0 Å². The molecule has 2 N–H and O–H groups in total. The number of amides is 2. The van der Waals surface area contributed by atoms with Crippen molar-refractivity contribution in [1.82, 2.24) is 9.88 Å². The number of carbonyl (C=O) groups excluding carboxylic acids is 2. The van der Waals surface area contributed by atoms with Crippen molar-refractivity contribution in [2.24, 2.45) is 0 Å². The second-order valence-corrected chi connectivity index (χ2v) is 6.16. The summed E-state index contributed by atoms with van der Waals surface area (Å²) in [6.45, 7) is -0.0515. The molecule has 0 fully saturated rings. The zero-order valence-corrected chi connectivity index (χ0v) is 14.5. The van der Waals surface area contributed by atoms with Gasteiger partial charge in [0.2, 0.25) is 11.8 Å². The number of halogens is 1. The van der Waals surface area contributed by atoms with Crippen molar-refractivity contribution >= 4 is 28.4 Å². The summed E-state index contributed by atoms with van der Waals surface area (Å²) in [5, 5.41) is 3.75. The van der Waals surface area contributed by atoms with Gasteiger partial charge >= 0.3 is 0 Å². The van der Waals surface area contributed by atoms with Crippen LogP contribution < -0.4 is 5.32 Å². The highest BCUT2D eigenvalue weighted by Crippen LogP contribution is 2.19. The van der Waals surface area contributed by atoms with Gasteiger partial charge in [0.25, 0.3) is 0 Å². The van der Waals surface area contributed by atoms with Gasteiger partial charge in [-0.15, -0.1) is 0 Å². The highest BCUT2D eigenvalue weighted by Gasteiger charge is 2.14. The first-order valence-corrected chi connectivity index (χ1v) is 8.37. The third-order valence-corrected chi connectivity index (χ3v) is 4.22. The minimum absolute atomic E-state index is 0.0515. The van der Waals surface area contributed by atoms with Gasteiger partial charge in [-0.1, -0.05) is 18.2 Å². The third-order valence-electron chi connectivity index (χ3n) is 4.22. The number of aryl methyl sites for hydroxylation is 1. The molecule has 1 aromatic heterocycles. The van der Waals surface area contributed by atoms with Gasteiger partial charge in [-0.05, 0) is 42.3 Å².